The molecule has 16 heavy (non-hydrogen) atoms. The smallest absolute Gasteiger partial charge is 0.145 e. The van der Waals surface area contributed by atoms with Gasteiger partial charge in [0.2, 0.25) is 0 Å². The highest BCUT2D eigenvalue weighted by atomic mass is 79.9. The monoisotopic (exact) mass is 325 g/mol. The molecule has 2 nitrogen and oxygen atoms in total. The number of nitrogens with zero attached hydrogens (tertiary/aromatic N) is 1. The average Bonchev–Trinajstić information content (AvgIpc) is 2.43. The van der Waals surface area contributed by atoms with E-state index in [1.807, 2.05) is 20.8 Å². The van der Waals surface area contributed by atoms with Gasteiger partial charge in [-0.25, -0.2) is 8.60 Å². The Balaban J connectivity index is 3.03. The Bertz CT molecular complexity index is 448. The predicted octanol–water partition coefficient (Wildman–Crippen LogP) is 3.92. The molecule has 90 valence electrons. The van der Waals surface area contributed by atoms with Gasteiger partial charge in [0.1, 0.15) is 16.8 Å². The molecule has 0 unspecified atom stereocenters. The van der Waals surface area contributed by atoms with E-state index in [1.54, 1.807) is 6.92 Å². The normalized spacial score (nSPS) is 15.2. The van der Waals surface area contributed by atoms with Gasteiger partial charge in [0.05, 0.1) is 19.1 Å². The summed E-state index contributed by atoms with van der Waals surface area (Å²) >= 11 is 4.46. The molecule has 1 rings (SSSR count). The molecule has 0 aliphatic rings. The van der Waals surface area contributed by atoms with E-state index >= 15 is 0 Å². The third kappa shape index (κ3) is 3.46. The third-order valence-corrected chi connectivity index (χ3v) is 4.94. The molecule has 0 bridgehead atoms. The summed E-state index contributed by atoms with van der Waals surface area (Å²) in [6.45, 7) is 7.17. The second kappa shape index (κ2) is 5.06. The second-order valence-electron chi connectivity index (χ2n) is 4.27. The lowest BCUT2D eigenvalue weighted by atomic mass is 10.3. The van der Waals surface area contributed by atoms with E-state index in [0.29, 0.717) is 14.4 Å². The van der Waals surface area contributed by atoms with Crippen LogP contribution in [-0.4, -0.2) is 14.7 Å². The van der Waals surface area contributed by atoms with E-state index < -0.39 is 15.7 Å². The van der Waals surface area contributed by atoms with E-state index in [1.165, 1.54) is 17.4 Å². The number of hydrogen-bond donors (Lipinski definition) is 0. The number of rotatable bonds is 2. The SMILES string of the molecule is CC(=N[S@](=O)C(C)(C)C)c1sc(Br)cc1F. The van der Waals surface area contributed by atoms with E-state index in [2.05, 4.69) is 20.3 Å². The Morgan fingerprint density at radius 3 is 2.50 bits per heavy atom. The van der Waals surface area contributed by atoms with Crippen LogP contribution in [-0.2, 0) is 11.0 Å². The van der Waals surface area contributed by atoms with Crippen LogP contribution in [0.5, 0.6) is 0 Å². The molecule has 0 amide bonds. The van der Waals surface area contributed by atoms with Gasteiger partial charge in [-0.15, -0.1) is 11.3 Å². The van der Waals surface area contributed by atoms with E-state index in [-0.39, 0.29) is 5.82 Å². The highest BCUT2D eigenvalue weighted by Crippen LogP contribution is 2.27. The molecular weight excluding hydrogens is 313 g/mol. The molecular formula is C10H13BrFNOS2. The van der Waals surface area contributed by atoms with Gasteiger partial charge in [0.15, 0.2) is 0 Å². The van der Waals surface area contributed by atoms with Crippen LogP contribution in [0.4, 0.5) is 4.39 Å². The first-order valence-corrected chi connectivity index (χ1v) is 7.36. The highest BCUT2D eigenvalue weighted by molar-refractivity contribution is 9.11. The first-order valence-electron chi connectivity index (χ1n) is 4.64. The van der Waals surface area contributed by atoms with Gasteiger partial charge >= 0.3 is 0 Å². The van der Waals surface area contributed by atoms with Crippen molar-refractivity contribution in [2.45, 2.75) is 32.4 Å². The van der Waals surface area contributed by atoms with Crippen LogP contribution in [0.15, 0.2) is 14.3 Å². The molecule has 1 aromatic rings. The van der Waals surface area contributed by atoms with Crippen molar-refractivity contribution in [2.24, 2.45) is 4.40 Å². The van der Waals surface area contributed by atoms with Gasteiger partial charge < -0.3 is 0 Å². The molecule has 0 spiro atoms. The molecule has 1 heterocycles. The molecule has 0 saturated heterocycles. The third-order valence-electron chi connectivity index (χ3n) is 1.73. The summed E-state index contributed by atoms with van der Waals surface area (Å²) in [7, 11) is -1.35. The first-order chi connectivity index (χ1) is 7.21. The van der Waals surface area contributed by atoms with Crippen molar-refractivity contribution >= 4 is 44.0 Å². The zero-order valence-electron chi connectivity index (χ0n) is 9.51. The Hall–Kier alpha value is -0.0700. The molecule has 0 aliphatic carbocycles. The molecule has 6 heteroatoms. The maximum absolute atomic E-state index is 13.4. The Labute approximate surface area is 110 Å². The van der Waals surface area contributed by atoms with Crippen molar-refractivity contribution in [1.29, 1.82) is 0 Å². The predicted molar refractivity (Wildman–Crippen MR) is 72.1 cm³/mol. The van der Waals surface area contributed by atoms with Crippen LogP contribution < -0.4 is 0 Å². The topological polar surface area (TPSA) is 29.4 Å². The summed E-state index contributed by atoms with van der Waals surface area (Å²) in [6.07, 6.45) is 0. The molecule has 0 saturated carbocycles. The van der Waals surface area contributed by atoms with Crippen LogP contribution in [0.3, 0.4) is 0 Å². The van der Waals surface area contributed by atoms with Gasteiger partial charge in [-0.1, -0.05) is 0 Å². The second-order valence-corrected chi connectivity index (χ2v) is 8.60. The summed E-state index contributed by atoms with van der Waals surface area (Å²) < 4.78 is 29.5. The zero-order chi connectivity index (χ0) is 12.5. The molecule has 0 N–H and O–H groups in total. The quantitative estimate of drug-likeness (QED) is 0.758. The highest BCUT2D eigenvalue weighted by Gasteiger charge is 2.20. The largest absolute Gasteiger partial charge is 0.234 e. The minimum atomic E-state index is -1.35. The van der Waals surface area contributed by atoms with E-state index in [0.717, 1.165) is 0 Å². The van der Waals surface area contributed by atoms with Crippen LogP contribution in [0.1, 0.15) is 32.6 Å². The summed E-state index contributed by atoms with van der Waals surface area (Å²) in [5, 5.41) is 0. The van der Waals surface area contributed by atoms with Gasteiger partial charge in [-0.3, -0.25) is 0 Å². The maximum atomic E-state index is 13.4. The minimum absolute atomic E-state index is 0.330. The molecule has 0 fully saturated rings. The summed E-state index contributed by atoms with van der Waals surface area (Å²) in [4.78, 5) is 0.435. The standard InChI is InChI=1S/C10H13BrFNOS2/c1-6(13-16(14)10(2,3)4)9-7(12)5-8(11)15-9/h5H,1-4H3/t16-/m1/s1. The van der Waals surface area contributed by atoms with Gasteiger partial charge in [-0.2, -0.15) is 4.40 Å². The molecule has 0 aliphatic heterocycles. The van der Waals surface area contributed by atoms with Crippen molar-refractivity contribution in [2.75, 3.05) is 0 Å². The van der Waals surface area contributed by atoms with Gasteiger partial charge in [0.25, 0.3) is 0 Å². The summed E-state index contributed by atoms with van der Waals surface area (Å²) in [5.41, 5.74) is 0.474. The molecule has 0 radical (unpaired) electrons. The van der Waals surface area contributed by atoms with Crippen molar-refractivity contribution in [1.82, 2.24) is 0 Å². The molecule has 1 aromatic heterocycles. The van der Waals surface area contributed by atoms with Crippen molar-refractivity contribution in [3.8, 4) is 0 Å². The van der Waals surface area contributed by atoms with Gasteiger partial charge in [-0.05, 0) is 49.7 Å². The summed E-state index contributed by atoms with van der Waals surface area (Å²) in [5.74, 6) is -0.330. The Morgan fingerprint density at radius 2 is 2.12 bits per heavy atom. The average molecular weight is 326 g/mol. The van der Waals surface area contributed by atoms with E-state index in [4.69, 9.17) is 0 Å². The fraction of sp³-hybridized carbons (Fsp3) is 0.500. The number of halogens is 2. The van der Waals surface area contributed by atoms with Crippen molar-refractivity contribution < 1.29 is 8.60 Å². The zero-order valence-corrected chi connectivity index (χ0v) is 12.7. The fourth-order valence-electron chi connectivity index (χ4n) is 0.890. The first kappa shape index (κ1) is 14.0. The fourth-order valence-corrected chi connectivity index (χ4v) is 2.96. The van der Waals surface area contributed by atoms with Crippen LogP contribution in [0, 0.1) is 5.82 Å². The van der Waals surface area contributed by atoms with Crippen LogP contribution in [0.25, 0.3) is 0 Å². The lowest BCUT2D eigenvalue weighted by Crippen LogP contribution is -2.20. The van der Waals surface area contributed by atoms with Crippen molar-refractivity contribution in [3.63, 3.8) is 0 Å². The lowest BCUT2D eigenvalue weighted by Gasteiger charge is -2.13. The van der Waals surface area contributed by atoms with Crippen molar-refractivity contribution in [3.05, 3.63) is 20.5 Å². The number of thiophene rings is 1. The summed E-state index contributed by atoms with van der Waals surface area (Å²) in [6, 6.07) is 1.39. The number of hydrogen-bond acceptors (Lipinski definition) is 2. The van der Waals surface area contributed by atoms with Crippen LogP contribution >= 0.6 is 27.3 Å². The van der Waals surface area contributed by atoms with Gasteiger partial charge in [0, 0.05) is 0 Å². The Kier molecular flexibility index (Phi) is 4.42. The lowest BCUT2D eigenvalue weighted by molar-refractivity contribution is 0.630. The maximum Gasteiger partial charge on any atom is 0.145 e. The van der Waals surface area contributed by atoms with Crippen LogP contribution in [0.2, 0.25) is 0 Å². The van der Waals surface area contributed by atoms with E-state index in [9.17, 15) is 8.60 Å². The molecule has 0 aromatic carbocycles. The Morgan fingerprint density at radius 1 is 1.56 bits per heavy atom. The molecule has 1 atom stereocenters. The minimum Gasteiger partial charge on any atom is -0.234 e.